The number of amides is 1. The molecular weight excluding hydrogens is 396 g/mol. The van der Waals surface area contributed by atoms with Crippen molar-refractivity contribution in [2.45, 2.75) is 35.2 Å². The number of benzene rings is 2. The maximum absolute atomic E-state index is 12.6. The Kier molecular flexibility index (Phi) is 6.77. The van der Waals surface area contributed by atoms with Crippen molar-refractivity contribution in [1.82, 2.24) is 10.0 Å². The zero-order chi connectivity index (χ0) is 20.1. The number of thioether (sulfide) groups is 1. The van der Waals surface area contributed by atoms with Crippen LogP contribution in [0.1, 0.15) is 35.3 Å². The van der Waals surface area contributed by atoms with E-state index in [1.165, 1.54) is 36.3 Å². The molecule has 150 valence electrons. The van der Waals surface area contributed by atoms with Crippen LogP contribution in [0.5, 0.6) is 0 Å². The molecule has 3 rings (SSSR count). The predicted octanol–water partition coefficient (Wildman–Crippen LogP) is 2.97. The van der Waals surface area contributed by atoms with E-state index in [0.29, 0.717) is 5.56 Å². The van der Waals surface area contributed by atoms with Crippen molar-refractivity contribution in [2.24, 2.45) is 0 Å². The van der Waals surface area contributed by atoms with Crippen molar-refractivity contribution in [1.29, 1.82) is 0 Å². The van der Waals surface area contributed by atoms with Crippen LogP contribution in [0.2, 0.25) is 0 Å². The summed E-state index contributed by atoms with van der Waals surface area (Å²) in [5.74, 6) is 0.737. The lowest BCUT2D eigenvalue weighted by molar-refractivity contribution is 0.0935. The minimum atomic E-state index is -3.66. The third-order valence-corrected chi connectivity index (χ3v) is 7.19. The second-order valence-corrected chi connectivity index (χ2v) is 9.55. The van der Waals surface area contributed by atoms with Gasteiger partial charge in [0.25, 0.3) is 5.91 Å². The van der Waals surface area contributed by atoms with Gasteiger partial charge in [0.05, 0.1) is 17.5 Å². The van der Waals surface area contributed by atoms with E-state index in [0.717, 1.165) is 17.7 Å². The smallest absolute Gasteiger partial charge is 0.251 e. The van der Waals surface area contributed by atoms with E-state index in [1.807, 2.05) is 18.2 Å². The standard InChI is InChI=1S/C20H24N2O4S2/c1-14(13-26-2)22-28(24,25)16-9-7-15(8-10-16)20(23)21-18-11-12-27-19-6-4-3-5-17(18)19/h3-10,14,18,22H,11-13H2,1-2H3,(H,21,23). The highest BCUT2D eigenvalue weighted by molar-refractivity contribution is 7.99. The van der Waals surface area contributed by atoms with Gasteiger partial charge in [-0.25, -0.2) is 13.1 Å². The molecule has 2 aromatic rings. The summed E-state index contributed by atoms with van der Waals surface area (Å²) in [6.07, 6.45) is 0.862. The number of carbonyl (C=O) groups excluding carboxylic acids is 1. The monoisotopic (exact) mass is 420 g/mol. The van der Waals surface area contributed by atoms with Gasteiger partial charge in [0, 0.05) is 29.4 Å². The molecule has 0 aliphatic carbocycles. The molecule has 2 N–H and O–H groups in total. The normalized spacial score (nSPS) is 17.6. The third-order valence-electron chi connectivity index (χ3n) is 4.46. The van der Waals surface area contributed by atoms with Crippen molar-refractivity contribution < 1.29 is 17.9 Å². The number of nitrogens with one attached hydrogen (secondary N) is 2. The van der Waals surface area contributed by atoms with Crippen LogP contribution in [-0.4, -0.2) is 39.8 Å². The minimum Gasteiger partial charge on any atom is -0.383 e. The summed E-state index contributed by atoms with van der Waals surface area (Å²) < 4.78 is 32.3. The summed E-state index contributed by atoms with van der Waals surface area (Å²) in [6.45, 7) is 2.00. The highest BCUT2D eigenvalue weighted by Crippen LogP contribution is 2.35. The van der Waals surface area contributed by atoms with Crippen molar-refractivity contribution in [3.05, 3.63) is 59.7 Å². The van der Waals surface area contributed by atoms with Gasteiger partial charge in [-0.2, -0.15) is 0 Å². The SMILES string of the molecule is COCC(C)NS(=O)(=O)c1ccc(C(=O)NC2CCSc3ccccc32)cc1. The molecule has 2 aromatic carbocycles. The summed E-state index contributed by atoms with van der Waals surface area (Å²) in [7, 11) is -2.14. The second kappa shape index (κ2) is 9.09. The number of sulfonamides is 1. The van der Waals surface area contributed by atoms with Crippen LogP contribution in [0.25, 0.3) is 0 Å². The van der Waals surface area contributed by atoms with E-state index < -0.39 is 10.0 Å². The number of rotatable bonds is 7. The van der Waals surface area contributed by atoms with Crippen molar-refractivity contribution in [3.8, 4) is 0 Å². The maximum atomic E-state index is 12.6. The Morgan fingerprint density at radius 1 is 1.21 bits per heavy atom. The lowest BCUT2D eigenvalue weighted by atomic mass is 10.0. The molecule has 0 saturated heterocycles. The lowest BCUT2D eigenvalue weighted by Gasteiger charge is -2.25. The highest BCUT2D eigenvalue weighted by atomic mass is 32.2. The summed E-state index contributed by atoms with van der Waals surface area (Å²) in [5, 5.41) is 3.06. The van der Waals surface area contributed by atoms with Gasteiger partial charge >= 0.3 is 0 Å². The van der Waals surface area contributed by atoms with E-state index >= 15 is 0 Å². The Hall–Kier alpha value is -1.87. The van der Waals surface area contributed by atoms with Gasteiger partial charge in [0.2, 0.25) is 10.0 Å². The molecule has 8 heteroatoms. The number of ether oxygens (including phenoxy) is 1. The second-order valence-electron chi connectivity index (χ2n) is 6.70. The van der Waals surface area contributed by atoms with E-state index in [2.05, 4.69) is 16.1 Å². The van der Waals surface area contributed by atoms with Crippen LogP contribution < -0.4 is 10.0 Å². The lowest BCUT2D eigenvalue weighted by Crippen LogP contribution is -2.35. The van der Waals surface area contributed by atoms with Crippen LogP contribution in [0.4, 0.5) is 0 Å². The molecule has 6 nitrogen and oxygen atoms in total. The largest absolute Gasteiger partial charge is 0.383 e. The summed E-state index contributed by atoms with van der Waals surface area (Å²) in [6, 6.07) is 13.7. The van der Waals surface area contributed by atoms with Crippen molar-refractivity contribution in [2.75, 3.05) is 19.5 Å². The predicted molar refractivity (Wildman–Crippen MR) is 110 cm³/mol. The van der Waals surface area contributed by atoms with Crippen LogP contribution in [0.15, 0.2) is 58.3 Å². The first kappa shape index (κ1) is 20.9. The van der Waals surface area contributed by atoms with Gasteiger partial charge in [-0.3, -0.25) is 4.79 Å². The topological polar surface area (TPSA) is 84.5 Å². The molecule has 1 aliphatic heterocycles. The minimum absolute atomic E-state index is 0.0371. The first-order valence-electron chi connectivity index (χ1n) is 9.04. The molecule has 2 unspecified atom stereocenters. The summed E-state index contributed by atoms with van der Waals surface area (Å²) >= 11 is 1.79. The fourth-order valence-electron chi connectivity index (χ4n) is 3.14. The molecule has 2 atom stereocenters. The fraction of sp³-hybridized carbons (Fsp3) is 0.350. The summed E-state index contributed by atoms with van der Waals surface area (Å²) in [4.78, 5) is 14.0. The highest BCUT2D eigenvalue weighted by Gasteiger charge is 2.23. The van der Waals surface area contributed by atoms with Gasteiger partial charge < -0.3 is 10.1 Å². The molecule has 0 fully saturated rings. The van der Waals surface area contributed by atoms with Crippen LogP contribution in [-0.2, 0) is 14.8 Å². The number of hydrogen-bond donors (Lipinski definition) is 2. The third kappa shape index (κ3) is 4.94. The Balaban J connectivity index is 1.69. The van der Waals surface area contributed by atoms with Crippen LogP contribution in [0.3, 0.4) is 0 Å². The molecule has 1 amide bonds. The van der Waals surface area contributed by atoms with Gasteiger partial charge in [-0.05, 0) is 49.2 Å². The van der Waals surface area contributed by atoms with Gasteiger partial charge in [-0.15, -0.1) is 11.8 Å². The first-order valence-corrected chi connectivity index (χ1v) is 11.5. The Morgan fingerprint density at radius 2 is 1.93 bits per heavy atom. The van der Waals surface area contributed by atoms with Crippen molar-refractivity contribution >= 4 is 27.7 Å². The average Bonchev–Trinajstić information content (AvgIpc) is 2.68. The quantitative estimate of drug-likeness (QED) is 0.719. The number of methoxy groups -OCH3 is 1. The van der Waals surface area contributed by atoms with E-state index in [1.54, 1.807) is 18.7 Å². The number of carbonyl (C=O) groups is 1. The molecular formula is C20H24N2O4S2. The molecule has 1 heterocycles. The zero-order valence-corrected chi connectivity index (χ0v) is 17.5. The molecule has 0 bridgehead atoms. The van der Waals surface area contributed by atoms with Gasteiger partial charge in [-0.1, -0.05) is 18.2 Å². The van der Waals surface area contributed by atoms with E-state index in [9.17, 15) is 13.2 Å². The molecule has 0 radical (unpaired) electrons. The molecule has 0 saturated carbocycles. The van der Waals surface area contributed by atoms with Crippen LogP contribution >= 0.6 is 11.8 Å². The molecule has 0 aromatic heterocycles. The average molecular weight is 421 g/mol. The van der Waals surface area contributed by atoms with Gasteiger partial charge in [0.1, 0.15) is 0 Å². The van der Waals surface area contributed by atoms with Crippen LogP contribution in [0, 0.1) is 0 Å². The van der Waals surface area contributed by atoms with Gasteiger partial charge in [0.15, 0.2) is 0 Å². The maximum Gasteiger partial charge on any atom is 0.251 e. The summed E-state index contributed by atoms with van der Waals surface area (Å²) in [5.41, 5.74) is 1.56. The Labute approximate surface area is 170 Å². The number of fused-ring (bicyclic) bond motifs is 1. The molecule has 1 aliphatic rings. The first-order chi connectivity index (χ1) is 13.4. The van der Waals surface area contributed by atoms with E-state index in [4.69, 9.17) is 4.74 Å². The molecule has 28 heavy (non-hydrogen) atoms. The Morgan fingerprint density at radius 3 is 2.64 bits per heavy atom. The number of hydrogen-bond acceptors (Lipinski definition) is 5. The van der Waals surface area contributed by atoms with E-state index in [-0.39, 0.29) is 29.5 Å². The molecule has 0 spiro atoms. The zero-order valence-electron chi connectivity index (χ0n) is 15.8. The Bertz CT molecular complexity index is 929. The van der Waals surface area contributed by atoms with Crippen molar-refractivity contribution in [3.63, 3.8) is 0 Å². The fourth-order valence-corrected chi connectivity index (χ4v) is 5.49.